The average Bonchev–Trinajstić information content (AvgIpc) is 3.61. The first-order chi connectivity index (χ1) is 15.1. The second-order valence-corrected chi connectivity index (χ2v) is 8.92. The number of fused-ring (bicyclic) bond motifs is 1. The van der Waals surface area contributed by atoms with Gasteiger partial charge in [-0.3, -0.25) is 0 Å². The smallest absolute Gasteiger partial charge is 0.0745 e. The molecule has 160 valence electrons. The van der Waals surface area contributed by atoms with E-state index in [9.17, 15) is 0 Å². The topological polar surface area (TPSA) is 24.9 Å². The lowest BCUT2D eigenvalue weighted by molar-refractivity contribution is 0.511. The molecular weight excluding hydrogens is 400 g/mol. The molecule has 3 aromatic rings. The Morgan fingerprint density at radius 1 is 1.16 bits per heavy atom. The highest BCUT2D eigenvalue weighted by Crippen LogP contribution is 2.43. The van der Waals surface area contributed by atoms with Crippen LogP contribution in [-0.4, -0.2) is 4.98 Å². The molecule has 1 fully saturated rings. The number of hydrogen-bond donors (Lipinski definition) is 1. The number of benzene rings is 2. The summed E-state index contributed by atoms with van der Waals surface area (Å²) in [4.78, 5) is 4.87. The lowest BCUT2D eigenvalue weighted by Crippen LogP contribution is -2.07. The molecule has 2 nitrogen and oxygen atoms in total. The predicted octanol–water partition coefficient (Wildman–Crippen LogP) is 8.64. The zero-order chi connectivity index (χ0) is 21.8. The van der Waals surface area contributed by atoms with Gasteiger partial charge in [0.1, 0.15) is 0 Å². The Balaban J connectivity index is 1.70. The molecule has 0 amide bonds. The van der Waals surface area contributed by atoms with E-state index in [-0.39, 0.29) is 0 Å². The van der Waals surface area contributed by atoms with E-state index in [1.54, 1.807) is 5.57 Å². The Morgan fingerprint density at radius 2 is 1.90 bits per heavy atom. The number of halogens is 1. The third kappa shape index (κ3) is 5.02. The number of para-hydroxylation sites is 1. The number of rotatable bonds is 9. The number of anilines is 1. The maximum atomic E-state index is 6.47. The molecule has 0 bridgehead atoms. The summed E-state index contributed by atoms with van der Waals surface area (Å²) in [5, 5.41) is 5.38. The summed E-state index contributed by atoms with van der Waals surface area (Å²) < 4.78 is 0. The summed E-state index contributed by atoms with van der Waals surface area (Å²) in [6, 6.07) is 18.2. The van der Waals surface area contributed by atoms with E-state index in [0.717, 1.165) is 39.5 Å². The fourth-order valence-corrected chi connectivity index (χ4v) is 4.67. The number of pyridine rings is 1. The molecule has 2 aromatic carbocycles. The summed E-state index contributed by atoms with van der Waals surface area (Å²) in [5.74, 6) is 1.40. The number of aromatic nitrogens is 1. The molecule has 1 atom stereocenters. The Labute approximate surface area is 191 Å². The Hall–Kier alpha value is -2.58. The first kappa shape index (κ1) is 21.6. The van der Waals surface area contributed by atoms with Crippen LogP contribution in [0.2, 0.25) is 5.02 Å². The quantitative estimate of drug-likeness (QED) is 0.343. The maximum Gasteiger partial charge on any atom is 0.0745 e. The van der Waals surface area contributed by atoms with Gasteiger partial charge < -0.3 is 5.32 Å². The number of nitrogens with one attached hydrogen (secondary N) is 1. The molecule has 0 spiro atoms. The first-order valence-electron chi connectivity index (χ1n) is 11.4. The number of hydrogen-bond acceptors (Lipinski definition) is 2. The van der Waals surface area contributed by atoms with Crippen LogP contribution >= 0.6 is 11.6 Å². The van der Waals surface area contributed by atoms with Gasteiger partial charge in [0.15, 0.2) is 0 Å². The fraction of sp³-hybridized carbons (Fsp3) is 0.321. The zero-order valence-electron chi connectivity index (χ0n) is 18.5. The van der Waals surface area contributed by atoms with Crippen LogP contribution in [0, 0.1) is 11.8 Å². The van der Waals surface area contributed by atoms with Crippen LogP contribution in [0.4, 0.5) is 5.69 Å². The van der Waals surface area contributed by atoms with Crippen LogP contribution < -0.4 is 5.32 Å². The third-order valence-electron chi connectivity index (χ3n) is 6.15. The largest absolute Gasteiger partial charge is 0.355 e. The Kier molecular flexibility index (Phi) is 6.77. The molecule has 0 aliphatic heterocycles. The van der Waals surface area contributed by atoms with Crippen molar-refractivity contribution >= 4 is 28.2 Å². The molecule has 3 heteroatoms. The van der Waals surface area contributed by atoms with Gasteiger partial charge in [0.25, 0.3) is 0 Å². The van der Waals surface area contributed by atoms with E-state index in [1.807, 2.05) is 42.5 Å². The minimum absolute atomic E-state index is 0.656. The van der Waals surface area contributed by atoms with Crippen molar-refractivity contribution in [3.05, 3.63) is 83.5 Å². The molecule has 0 radical (unpaired) electrons. The molecule has 1 unspecified atom stereocenters. The standard InChI is InChI=1S/C28H31ClN2/c1-4-10-20(5-2)24(21-15-16-21)17-19(3)30-28-18-27(22-11-6-8-13-25(22)29)31-26-14-9-7-12-23(26)28/h6-9,11-14,17-18,20-21H,3-5,10,15-16H2,1-2H3,(H,30,31)/b24-17+. The second-order valence-electron chi connectivity index (χ2n) is 8.51. The minimum Gasteiger partial charge on any atom is -0.355 e. The Bertz CT molecular complexity index is 1110. The van der Waals surface area contributed by atoms with Crippen LogP contribution in [-0.2, 0) is 0 Å². The highest BCUT2D eigenvalue weighted by Gasteiger charge is 2.30. The van der Waals surface area contributed by atoms with Crippen molar-refractivity contribution in [1.82, 2.24) is 4.98 Å². The fourth-order valence-electron chi connectivity index (χ4n) is 4.44. The van der Waals surface area contributed by atoms with Crippen LogP contribution in [0.1, 0.15) is 46.0 Å². The average molecular weight is 431 g/mol. The molecule has 1 aliphatic rings. The van der Waals surface area contributed by atoms with Gasteiger partial charge in [-0.25, -0.2) is 4.98 Å². The van der Waals surface area contributed by atoms with Crippen LogP contribution in [0.5, 0.6) is 0 Å². The summed E-state index contributed by atoms with van der Waals surface area (Å²) in [5.41, 5.74) is 6.28. The molecule has 1 aromatic heterocycles. The van der Waals surface area contributed by atoms with Crippen molar-refractivity contribution < 1.29 is 0 Å². The summed E-state index contributed by atoms with van der Waals surface area (Å²) >= 11 is 6.47. The normalized spacial score (nSPS) is 15.1. The highest BCUT2D eigenvalue weighted by molar-refractivity contribution is 6.33. The van der Waals surface area contributed by atoms with E-state index in [1.165, 1.54) is 32.1 Å². The molecule has 31 heavy (non-hydrogen) atoms. The van der Waals surface area contributed by atoms with Crippen LogP contribution in [0.3, 0.4) is 0 Å². The zero-order valence-corrected chi connectivity index (χ0v) is 19.3. The van der Waals surface area contributed by atoms with Gasteiger partial charge in [-0.15, -0.1) is 0 Å². The van der Waals surface area contributed by atoms with Gasteiger partial charge in [-0.05, 0) is 61.8 Å². The van der Waals surface area contributed by atoms with E-state index in [0.29, 0.717) is 10.9 Å². The van der Waals surface area contributed by atoms with Gasteiger partial charge in [-0.2, -0.15) is 0 Å². The Morgan fingerprint density at radius 3 is 2.61 bits per heavy atom. The van der Waals surface area contributed by atoms with E-state index in [4.69, 9.17) is 16.6 Å². The van der Waals surface area contributed by atoms with Crippen molar-refractivity contribution in [2.24, 2.45) is 11.8 Å². The molecule has 1 saturated carbocycles. The van der Waals surface area contributed by atoms with Crippen molar-refractivity contribution in [3.63, 3.8) is 0 Å². The van der Waals surface area contributed by atoms with Crippen LogP contribution in [0.25, 0.3) is 22.2 Å². The monoisotopic (exact) mass is 430 g/mol. The number of nitrogens with zero attached hydrogens (tertiary/aromatic N) is 1. The van der Waals surface area contributed by atoms with E-state index < -0.39 is 0 Å². The van der Waals surface area contributed by atoms with E-state index in [2.05, 4.69) is 44.0 Å². The van der Waals surface area contributed by atoms with Crippen molar-refractivity contribution in [3.8, 4) is 11.3 Å². The van der Waals surface area contributed by atoms with E-state index >= 15 is 0 Å². The maximum absolute atomic E-state index is 6.47. The molecule has 0 saturated heterocycles. The SMILES string of the molecule is C=C(/C=C(\C(CC)CCC)C1CC1)Nc1cc(-c2ccccc2Cl)nc2ccccc12. The molecular formula is C28H31ClN2. The summed E-state index contributed by atoms with van der Waals surface area (Å²) in [6.45, 7) is 8.95. The van der Waals surface area contributed by atoms with Gasteiger partial charge in [-0.1, -0.05) is 80.4 Å². The lowest BCUT2D eigenvalue weighted by Gasteiger charge is -2.20. The molecule has 1 aliphatic carbocycles. The van der Waals surface area contributed by atoms with Crippen molar-refractivity contribution in [2.45, 2.75) is 46.0 Å². The van der Waals surface area contributed by atoms with Crippen LogP contribution in [0.15, 0.2) is 78.5 Å². The third-order valence-corrected chi connectivity index (χ3v) is 6.48. The first-order valence-corrected chi connectivity index (χ1v) is 11.8. The van der Waals surface area contributed by atoms with Gasteiger partial charge in [0, 0.05) is 21.7 Å². The minimum atomic E-state index is 0.656. The molecule has 4 rings (SSSR count). The molecule has 1 N–H and O–H groups in total. The number of allylic oxidation sites excluding steroid dienone is 2. The van der Waals surface area contributed by atoms with Gasteiger partial charge >= 0.3 is 0 Å². The van der Waals surface area contributed by atoms with Gasteiger partial charge in [0.2, 0.25) is 0 Å². The summed E-state index contributed by atoms with van der Waals surface area (Å²) in [7, 11) is 0. The second kappa shape index (κ2) is 9.70. The predicted molar refractivity (Wildman–Crippen MR) is 134 cm³/mol. The summed E-state index contributed by atoms with van der Waals surface area (Å²) in [6.07, 6.45) is 8.60. The molecule has 1 heterocycles. The van der Waals surface area contributed by atoms with Crippen molar-refractivity contribution in [2.75, 3.05) is 5.32 Å². The van der Waals surface area contributed by atoms with Gasteiger partial charge in [0.05, 0.1) is 16.9 Å². The lowest BCUT2D eigenvalue weighted by atomic mass is 9.88. The highest BCUT2D eigenvalue weighted by atomic mass is 35.5. The van der Waals surface area contributed by atoms with Crippen molar-refractivity contribution in [1.29, 1.82) is 0 Å².